The Bertz CT molecular complexity index is 648. The summed E-state index contributed by atoms with van der Waals surface area (Å²) in [4.78, 5) is 0. The van der Waals surface area contributed by atoms with E-state index in [4.69, 9.17) is 16.9 Å². The fourth-order valence-corrected chi connectivity index (χ4v) is 2.04. The summed E-state index contributed by atoms with van der Waals surface area (Å²) in [5.74, 6) is 0. The summed E-state index contributed by atoms with van der Waals surface area (Å²) in [7, 11) is 1.29. The summed E-state index contributed by atoms with van der Waals surface area (Å²) in [6.45, 7) is 0. The van der Waals surface area contributed by atoms with Crippen LogP contribution in [-0.4, -0.2) is 4.57 Å². The van der Waals surface area contributed by atoms with Crippen molar-refractivity contribution in [1.82, 2.24) is 4.57 Å². The van der Waals surface area contributed by atoms with Crippen molar-refractivity contribution < 1.29 is 13.2 Å². The van der Waals surface area contributed by atoms with Gasteiger partial charge < -0.3 is 4.57 Å². The number of rotatable bonds is 1. The van der Waals surface area contributed by atoms with E-state index in [0.717, 1.165) is 10.6 Å². The van der Waals surface area contributed by atoms with E-state index in [1.165, 1.54) is 7.05 Å². The van der Waals surface area contributed by atoms with E-state index >= 15 is 0 Å². The molecule has 2 rings (SSSR count). The maximum absolute atomic E-state index is 12.8. The molecule has 0 unspecified atom stereocenters. The predicted octanol–water partition coefficient (Wildman–Crippen LogP) is 4.24. The molecule has 1 aromatic carbocycles. The fraction of sp³-hybridized carbons (Fsp3) is 0.154. The quantitative estimate of drug-likeness (QED) is 0.770. The molecule has 0 spiro atoms. The van der Waals surface area contributed by atoms with Gasteiger partial charge in [0.25, 0.3) is 0 Å². The summed E-state index contributed by atoms with van der Waals surface area (Å²) >= 11 is 5.74. The second-order valence-corrected chi connectivity index (χ2v) is 4.40. The lowest BCUT2D eigenvalue weighted by molar-refractivity contribution is -0.143. The van der Waals surface area contributed by atoms with E-state index in [2.05, 4.69) is 0 Å². The number of aromatic nitrogens is 1. The molecule has 19 heavy (non-hydrogen) atoms. The topological polar surface area (TPSA) is 28.7 Å². The lowest BCUT2D eigenvalue weighted by Crippen LogP contribution is -2.11. The van der Waals surface area contributed by atoms with Crippen molar-refractivity contribution in [2.24, 2.45) is 7.05 Å². The molecule has 0 atom stereocenters. The van der Waals surface area contributed by atoms with E-state index in [9.17, 15) is 13.2 Å². The minimum atomic E-state index is -4.50. The average Bonchev–Trinajstić information content (AvgIpc) is 2.67. The maximum Gasteiger partial charge on any atom is 0.431 e. The Kier molecular flexibility index (Phi) is 3.29. The highest BCUT2D eigenvalue weighted by molar-refractivity contribution is 6.30. The largest absolute Gasteiger partial charge is 0.431 e. The molecule has 0 bridgehead atoms. The maximum atomic E-state index is 12.8. The molecule has 6 heteroatoms. The number of nitrogens with zero attached hydrogens (tertiary/aromatic N) is 2. The van der Waals surface area contributed by atoms with Crippen LogP contribution in [0.15, 0.2) is 30.3 Å². The fourth-order valence-electron chi connectivity index (χ4n) is 1.92. The second-order valence-electron chi connectivity index (χ2n) is 3.97. The highest BCUT2D eigenvalue weighted by Crippen LogP contribution is 2.35. The Morgan fingerprint density at radius 2 is 1.79 bits per heavy atom. The van der Waals surface area contributed by atoms with Crippen molar-refractivity contribution in [3.63, 3.8) is 0 Å². The first-order valence-electron chi connectivity index (χ1n) is 5.27. The van der Waals surface area contributed by atoms with Crippen LogP contribution < -0.4 is 0 Å². The Morgan fingerprint density at radius 1 is 1.21 bits per heavy atom. The molecule has 0 saturated carbocycles. The van der Waals surface area contributed by atoms with Gasteiger partial charge in [-0.15, -0.1) is 0 Å². The zero-order valence-corrected chi connectivity index (χ0v) is 10.5. The Hall–Kier alpha value is -1.93. The molecule has 0 fully saturated rings. The normalized spacial score (nSPS) is 11.4. The first-order valence-corrected chi connectivity index (χ1v) is 5.65. The number of alkyl halides is 3. The van der Waals surface area contributed by atoms with Gasteiger partial charge in [0.15, 0.2) is 0 Å². The molecule has 0 aliphatic heterocycles. The van der Waals surface area contributed by atoms with Crippen molar-refractivity contribution in [3.05, 3.63) is 46.6 Å². The van der Waals surface area contributed by atoms with Gasteiger partial charge in [-0.2, -0.15) is 18.4 Å². The third kappa shape index (κ3) is 2.45. The van der Waals surface area contributed by atoms with Gasteiger partial charge in [0.2, 0.25) is 0 Å². The van der Waals surface area contributed by atoms with Crippen molar-refractivity contribution >= 4 is 11.6 Å². The number of hydrogen-bond donors (Lipinski definition) is 0. The number of nitriles is 1. The van der Waals surface area contributed by atoms with Gasteiger partial charge in [0.05, 0.1) is 11.3 Å². The molecule has 0 amide bonds. The number of benzene rings is 1. The standard InChI is InChI=1S/C13H8ClF3N2/c1-19-11(13(15,16)17)6-9(7-18)12(19)8-2-4-10(14)5-3-8/h2-6H,1H3. The van der Waals surface area contributed by atoms with Crippen LogP contribution >= 0.6 is 11.6 Å². The van der Waals surface area contributed by atoms with Gasteiger partial charge in [-0.05, 0) is 23.8 Å². The molecule has 0 aliphatic carbocycles. The van der Waals surface area contributed by atoms with Crippen LogP contribution in [0.2, 0.25) is 5.02 Å². The van der Waals surface area contributed by atoms with Gasteiger partial charge in [-0.1, -0.05) is 23.7 Å². The Labute approximate surface area is 112 Å². The minimum absolute atomic E-state index is 0.0165. The Morgan fingerprint density at radius 3 is 2.26 bits per heavy atom. The first kappa shape index (κ1) is 13.5. The van der Waals surface area contributed by atoms with Gasteiger partial charge >= 0.3 is 6.18 Å². The van der Waals surface area contributed by atoms with Crippen LogP contribution in [0.3, 0.4) is 0 Å². The molecular weight excluding hydrogens is 277 g/mol. The SMILES string of the molecule is Cn1c(C(F)(F)F)cc(C#N)c1-c1ccc(Cl)cc1. The van der Waals surface area contributed by atoms with Crippen molar-refractivity contribution in [3.8, 4) is 17.3 Å². The van der Waals surface area contributed by atoms with Crippen LogP contribution in [0.25, 0.3) is 11.3 Å². The van der Waals surface area contributed by atoms with E-state index in [1.807, 2.05) is 0 Å². The summed E-state index contributed by atoms with van der Waals surface area (Å²) in [5, 5.41) is 9.46. The highest BCUT2D eigenvalue weighted by atomic mass is 35.5. The van der Waals surface area contributed by atoms with Crippen LogP contribution in [0.1, 0.15) is 11.3 Å². The van der Waals surface area contributed by atoms with Crippen molar-refractivity contribution in [2.75, 3.05) is 0 Å². The summed E-state index contributed by atoms with van der Waals surface area (Å²) in [6.07, 6.45) is -4.50. The lowest BCUT2D eigenvalue weighted by Gasteiger charge is -2.10. The Balaban J connectivity index is 2.67. The van der Waals surface area contributed by atoms with Crippen LogP contribution in [-0.2, 0) is 13.2 Å². The molecule has 98 valence electrons. The predicted molar refractivity (Wildman–Crippen MR) is 65.6 cm³/mol. The zero-order chi connectivity index (χ0) is 14.2. The van der Waals surface area contributed by atoms with Crippen LogP contribution in [0.5, 0.6) is 0 Å². The average molecular weight is 285 g/mol. The zero-order valence-electron chi connectivity index (χ0n) is 9.79. The molecule has 2 nitrogen and oxygen atoms in total. The molecule has 2 aromatic rings. The molecule has 0 N–H and O–H groups in total. The van der Waals surface area contributed by atoms with Crippen LogP contribution in [0.4, 0.5) is 13.2 Å². The minimum Gasteiger partial charge on any atom is -0.339 e. The molecule has 1 aromatic heterocycles. The monoisotopic (exact) mass is 284 g/mol. The molecular formula is C13H8ClF3N2. The van der Waals surface area contributed by atoms with Gasteiger partial charge in [-0.3, -0.25) is 0 Å². The second kappa shape index (κ2) is 4.63. The molecule has 0 saturated heterocycles. The van der Waals surface area contributed by atoms with Gasteiger partial charge in [0.1, 0.15) is 11.8 Å². The number of hydrogen-bond acceptors (Lipinski definition) is 1. The lowest BCUT2D eigenvalue weighted by atomic mass is 10.1. The molecule has 0 aliphatic rings. The summed E-state index contributed by atoms with van der Waals surface area (Å²) in [6, 6.07) is 8.94. The van der Waals surface area contributed by atoms with Crippen LogP contribution in [0, 0.1) is 11.3 Å². The van der Waals surface area contributed by atoms with Crippen molar-refractivity contribution in [1.29, 1.82) is 5.26 Å². The van der Waals surface area contributed by atoms with E-state index in [-0.39, 0.29) is 11.3 Å². The summed E-state index contributed by atoms with van der Waals surface area (Å²) < 4.78 is 39.4. The highest BCUT2D eigenvalue weighted by Gasteiger charge is 2.35. The van der Waals surface area contributed by atoms with Crippen molar-refractivity contribution in [2.45, 2.75) is 6.18 Å². The van der Waals surface area contributed by atoms with E-state index in [0.29, 0.717) is 10.6 Å². The van der Waals surface area contributed by atoms with E-state index < -0.39 is 11.9 Å². The van der Waals surface area contributed by atoms with E-state index in [1.54, 1.807) is 30.3 Å². The smallest absolute Gasteiger partial charge is 0.339 e. The number of halogens is 4. The van der Waals surface area contributed by atoms with Gasteiger partial charge in [0, 0.05) is 12.1 Å². The third-order valence-electron chi connectivity index (χ3n) is 2.76. The van der Waals surface area contributed by atoms with Gasteiger partial charge in [-0.25, -0.2) is 0 Å². The summed E-state index contributed by atoms with van der Waals surface area (Å²) in [5.41, 5.74) is -0.128. The molecule has 1 heterocycles. The third-order valence-corrected chi connectivity index (χ3v) is 3.01. The molecule has 0 radical (unpaired) electrons. The first-order chi connectivity index (χ1) is 8.84.